The normalized spacial score (nSPS) is 15.0. The van der Waals surface area contributed by atoms with Crippen LogP contribution in [0.4, 0.5) is 5.69 Å². The molecular weight excluding hydrogens is 420 g/mol. The average Bonchev–Trinajstić information content (AvgIpc) is 3.48. The van der Waals surface area contributed by atoms with Crippen molar-refractivity contribution in [3.8, 4) is 11.9 Å². The summed E-state index contributed by atoms with van der Waals surface area (Å²) in [6.07, 6.45) is 12.0. The zero-order valence-corrected chi connectivity index (χ0v) is 19.9. The first-order chi connectivity index (χ1) is 16.6. The van der Waals surface area contributed by atoms with Crippen LogP contribution in [0.25, 0.3) is 11.4 Å². The fourth-order valence-electron chi connectivity index (χ4n) is 5.04. The highest BCUT2D eigenvalue weighted by atomic mass is 15.3. The van der Waals surface area contributed by atoms with Crippen molar-refractivity contribution in [1.29, 1.82) is 5.26 Å². The zero-order chi connectivity index (χ0) is 23.7. The highest BCUT2D eigenvalue weighted by Crippen LogP contribution is 2.42. The molecule has 3 aromatic rings. The van der Waals surface area contributed by atoms with E-state index >= 15 is 0 Å². The van der Waals surface area contributed by atoms with Crippen LogP contribution < -0.4 is 5.73 Å². The van der Waals surface area contributed by atoms with E-state index in [0.29, 0.717) is 11.5 Å². The lowest BCUT2D eigenvalue weighted by Crippen LogP contribution is -2.26. The minimum Gasteiger partial charge on any atom is -0.398 e. The Morgan fingerprint density at radius 1 is 1.24 bits per heavy atom. The largest absolute Gasteiger partial charge is 0.398 e. The summed E-state index contributed by atoms with van der Waals surface area (Å²) >= 11 is 0. The van der Waals surface area contributed by atoms with Gasteiger partial charge in [0.25, 0.3) is 0 Å². The molecule has 2 heterocycles. The molecule has 174 valence electrons. The van der Waals surface area contributed by atoms with E-state index in [4.69, 9.17) is 5.73 Å². The summed E-state index contributed by atoms with van der Waals surface area (Å²) in [6.45, 7) is 9.19. The summed E-state index contributed by atoms with van der Waals surface area (Å²) in [5.74, 6) is 1.28. The third kappa shape index (κ3) is 4.49. The third-order valence-corrected chi connectivity index (χ3v) is 7.08. The summed E-state index contributed by atoms with van der Waals surface area (Å²) in [4.78, 5) is 6.95. The summed E-state index contributed by atoms with van der Waals surface area (Å²) in [5, 5.41) is 14.0. The molecule has 2 aliphatic carbocycles. The van der Waals surface area contributed by atoms with E-state index in [-0.39, 0.29) is 0 Å². The maximum atomic E-state index is 9.39. The van der Waals surface area contributed by atoms with E-state index in [9.17, 15) is 5.26 Å². The van der Waals surface area contributed by atoms with Gasteiger partial charge in [-0.2, -0.15) is 10.4 Å². The minimum atomic E-state index is 0.496. The van der Waals surface area contributed by atoms with Gasteiger partial charge in [0.1, 0.15) is 6.07 Å². The van der Waals surface area contributed by atoms with Gasteiger partial charge in [-0.15, -0.1) is 0 Å². The fraction of sp³-hybridized carbons (Fsp3) is 0.393. The third-order valence-electron chi connectivity index (χ3n) is 7.08. The SMILES string of the molecule is C=C1CCc2c1ccc(CCN(CCC)Cc1cnn(-c3cc(C4CC4)c(C#N)cn3)c1)c2N. The van der Waals surface area contributed by atoms with Crippen LogP contribution in [0.1, 0.15) is 71.9 Å². The van der Waals surface area contributed by atoms with Gasteiger partial charge in [-0.05, 0) is 84.9 Å². The summed E-state index contributed by atoms with van der Waals surface area (Å²) in [7, 11) is 0. The van der Waals surface area contributed by atoms with E-state index in [1.807, 2.05) is 16.9 Å². The zero-order valence-electron chi connectivity index (χ0n) is 19.9. The fourth-order valence-corrected chi connectivity index (χ4v) is 5.04. The number of nitrogen functional groups attached to an aromatic ring is 1. The van der Waals surface area contributed by atoms with Crippen LogP contribution in [0.3, 0.4) is 0 Å². The van der Waals surface area contributed by atoms with Crippen molar-refractivity contribution in [2.75, 3.05) is 18.8 Å². The van der Waals surface area contributed by atoms with Gasteiger partial charge in [-0.3, -0.25) is 4.90 Å². The van der Waals surface area contributed by atoms with Gasteiger partial charge in [-0.1, -0.05) is 25.6 Å². The second-order valence-electron chi connectivity index (χ2n) is 9.60. The predicted molar refractivity (Wildman–Crippen MR) is 136 cm³/mol. The Kier molecular flexibility index (Phi) is 6.21. The number of nitrogens with zero attached hydrogens (tertiary/aromatic N) is 5. The predicted octanol–water partition coefficient (Wildman–Crippen LogP) is 5.01. The number of nitrogens with two attached hydrogens (primary N) is 1. The number of benzene rings is 1. The number of nitriles is 1. The molecule has 1 saturated carbocycles. The molecule has 6 nitrogen and oxygen atoms in total. The van der Waals surface area contributed by atoms with E-state index in [0.717, 1.165) is 80.8 Å². The molecule has 0 saturated heterocycles. The Morgan fingerprint density at radius 2 is 2.09 bits per heavy atom. The monoisotopic (exact) mass is 452 g/mol. The summed E-state index contributed by atoms with van der Waals surface area (Å²) < 4.78 is 1.83. The van der Waals surface area contributed by atoms with Crippen LogP contribution in [0, 0.1) is 11.3 Å². The van der Waals surface area contributed by atoms with E-state index in [1.54, 1.807) is 6.20 Å². The van der Waals surface area contributed by atoms with Gasteiger partial charge < -0.3 is 5.73 Å². The molecule has 2 N–H and O–H groups in total. The maximum absolute atomic E-state index is 9.39. The average molecular weight is 453 g/mol. The Labute approximate surface area is 201 Å². The first-order valence-corrected chi connectivity index (χ1v) is 12.3. The Balaban J connectivity index is 1.27. The van der Waals surface area contributed by atoms with Gasteiger partial charge in [0, 0.05) is 36.7 Å². The standard InChI is InChI=1S/C28H32N6/c1-3-11-33(12-10-22-7-9-24-19(2)4-8-25(24)28(22)30)17-20-15-32-34(18-20)27-13-26(21-5-6-21)23(14-29)16-31-27/h7,9,13,15-16,18,21H,2-6,8,10-12,17,30H2,1H3. The topological polar surface area (TPSA) is 83.8 Å². The van der Waals surface area contributed by atoms with Crippen LogP contribution in [-0.4, -0.2) is 32.8 Å². The molecule has 0 aliphatic heterocycles. The molecule has 0 unspecified atom stereocenters. The van der Waals surface area contributed by atoms with Crippen LogP contribution in [0.5, 0.6) is 0 Å². The van der Waals surface area contributed by atoms with Gasteiger partial charge in [-0.25, -0.2) is 9.67 Å². The minimum absolute atomic E-state index is 0.496. The Bertz CT molecular complexity index is 1260. The number of anilines is 1. The quantitative estimate of drug-likeness (QED) is 0.461. The number of hydrogen-bond acceptors (Lipinski definition) is 5. The summed E-state index contributed by atoms with van der Waals surface area (Å²) in [5.41, 5.74) is 15.4. The van der Waals surface area contributed by atoms with Crippen LogP contribution in [0.2, 0.25) is 0 Å². The first kappa shape index (κ1) is 22.4. The highest BCUT2D eigenvalue weighted by molar-refractivity contribution is 5.77. The van der Waals surface area contributed by atoms with Gasteiger partial charge in [0.05, 0.1) is 11.8 Å². The molecule has 1 aromatic carbocycles. The van der Waals surface area contributed by atoms with Crippen molar-refractivity contribution in [3.05, 3.63) is 76.7 Å². The van der Waals surface area contributed by atoms with E-state index < -0.39 is 0 Å². The van der Waals surface area contributed by atoms with Crippen molar-refractivity contribution in [1.82, 2.24) is 19.7 Å². The number of hydrogen-bond donors (Lipinski definition) is 1. The molecule has 0 spiro atoms. The molecule has 0 bridgehead atoms. The lowest BCUT2D eigenvalue weighted by Gasteiger charge is -2.22. The lowest BCUT2D eigenvalue weighted by atomic mass is 10.00. The van der Waals surface area contributed by atoms with Gasteiger partial charge in [0.15, 0.2) is 5.82 Å². The van der Waals surface area contributed by atoms with Crippen LogP contribution in [0.15, 0.2) is 43.4 Å². The molecule has 5 rings (SSSR count). The summed E-state index contributed by atoms with van der Waals surface area (Å²) in [6, 6.07) is 8.69. The highest BCUT2D eigenvalue weighted by Gasteiger charge is 2.27. The smallest absolute Gasteiger partial charge is 0.153 e. The van der Waals surface area contributed by atoms with Crippen molar-refractivity contribution >= 4 is 11.3 Å². The molecule has 1 fully saturated rings. The van der Waals surface area contributed by atoms with Gasteiger partial charge >= 0.3 is 0 Å². The van der Waals surface area contributed by atoms with Crippen molar-refractivity contribution in [2.45, 2.75) is 57.9 Å². The molecule has 6 heteroatoms. The number of aromatic nitrogens is 3. The van der Waals surface area contributed by atoms with Crippen molar-refractivity contribution in [2.24, 2.45) is 0 Å². The molecule has 0 atom stereocenters. The number of rotatable bonds is 9. The molecule has 34 heavy (non-hydrogen) atoms. The second kappa shape index (κ2) is 9.44. The van der Waals surface area contributed by atoms with Crippen LogP contribution >= 0.6 is 0 Å². The Morgan fingerprint density at radius 3 is 2.85 bits per heavy atom. The first-order valence-electron chi connectivity index (χ1n) is 12.3. The van der Waals surface area contributed by atoms with Crippen LogP contribution in [-0.2, 0) is 19.4 Å². The number of fused-ring (bicyclic) bond motifs is 1. The van der Waals surface area contributed by atoms with Crippen molar-refractivity contribution in [3.63, 3.8) is 0 Å². The van der Waals surface area contributed by atoms with Gasteiger partial charge in [0.2, 0.25) is 0 Å². The molecule has 0 radical (unpaired) electrons. The Hall–Kier alpha value is -3.43. The number of pyridine rings is 1. The maximum Gasteiger partial charge on any atom is 0.153 e. The molecular formula is C28H32N6. The lowest BCUT2D eigenvalue weighted by molar-refractivity contribution is 0.269. The van der Waals surface area contributed by atoms with E-state index in [2.05, 4.69) is 52.9 Å². The molecule has 2 aromatic heterocycles. The van der Waals surface area contributed by atoms with Crippen molar-refractivity contribution < 1.29 is 0 Å². The molecule has 0 amide bonds. The number of allylic oxidation sites excluding steroid dienone is 1. The second-order valence-corrected chi connectivity index (χ2v) is 9.60. The van der Waals surface area contributed by atoms with E-state index in [1.165, 1.54) is 22.3 Å². The molecule has 2 aliphatic rings.